The Labute approximate surface area is 129 Å². The van der Waals surface area contributed by atoms with Crippen molar-refractivity contribution in [1.29, 1.82) is 0 Å². The Hall–Kier alpha value is -3.07. The van der Waals surface area contributed by atoms with Gasteiger partial charge in [-0.05, 0) is 42.0 Å². The van der Waals surface area contributed by atoms with Gasteiger partial charge in [-0.2, -0.15) is 0 Å². The fourth-order valence-corrected chi connectivity index (χ4v) is 1.91. The Morgan fingerprint density at radius 1 is 0.636 bits per heavy atom. The highest BCUT2D eigenvalue weighted by Gasteiger charge is 1.92. The Morgan fingerprint density at radius 2 is 1.27 bits per heavy atom. The van der Waals surface area contributed by atoms with Crippen molar-refractivity contribution >= 4 is 23.8 Å². The van der Waals surface area contributed by atoms with E-state index in [1.807, 2.05) is 79.0 Å². The number of hydrogen-bond donors (Lipinski definition) is 0. The van der Waals surface area contributed by atoms with Crippen molar-refractivity contribution in [1.82, 2.24) is 4.98 Å². The standard InChI is InChI=1S/C19H15N3/c1-2-6-16(7-3-1)14-21-17-9-11-18(12-10-17)22-15-19-8-4-5-13-20-19/h1-15H/b21-14+,22-15+. The third kappa shape index (κ3) is 3.96. The predicted molar refractivity (Wildman–Crippen MR) is 91.6 cm³/mol. The molecule has 0 atom stereocenters. The summed E-state index contributed by atoms with van der Waals surface area (Å²) in [6, 6.07) is 23.6. The van der Waals surface area contributed by atoms with Crippen molar-refractivity contribution < 1.29 is 0 Å². The average molecular weight is 285 g/mol. The van der Waals surface area contributed by atoms with E-state index in [1.54, 1.807) is 12.4 Å². The lowest BCUT2D eigenvalue weighted by molar-refractivity contribution is 1.30. The average Bonchev–Trinajstić information content (AvgIpc) is 2.61. The summed E-state index contributed by atoms with van der Waals surface area (Å²) >= 11 is 0. The summed E-state index contributed by atoms with van der Waals surface area (Å²) in [5, 5.41) is 0. The van der Waals surface area contributed by atoms with Crippen molar-refractivity contribution in [2.45, 2.75) is 0 Å². The Morgan fingerprint density at radius 3 is 1.91 bits per heavy atom. The minimum absolute atomic E-state index is 0.841. The van der Waals surface area contributed by atoms with Gasteiger partial charge in [-0.25, -0.2) is 0 Å². The van der Waals surface area contributed by atoms with Gasteiger partial charge >= 0.3 is 0 Å². The molecule has 3 aromatic rings. The van der Waals surface area contributed by atoms with E-state index in [4.69, 9.17) is 0 Å². The van der Waals surface area contributed by atoms with E-state index in [9.17, 15) is 0 Å². The summed E-state index contributed by atoms with van der Waals surface area (Å²) in [5.41, 5.74) is 3.71. The zero-order valence-electron chi connectivity index (χ0n) is 12.0. The molecular formula is C19H15N3. The van der Waals surface area contributed by atoms with E-state index in [2.05, 4.69) is 15.0 Å². The van der Waals surface area contributed by atoms with Crippen LogP contribution in [0.3, 0.4) is 0 Å². The number of benzene rings is 2. The monoisotopic (exact) mass is 285 g/mol. The van der Waals surface area contributed by atoms with Crippen molar-refractivity contribution in [2.24, 2.45) is 9.98 Å². The molecule has 0 aliphatic heterocycles. The molecule has 3 rings (SSSR count). The van der Waals surface area contributed by atoms with Crippen LogP contribution in [0, 0.1) is 0 Å². The first-order valence-corrected chi connectivity index (χ1v) is 7.04. The maximum atomic E-state index is 4.45. The van der Waals surface area contributed by atoms with Crippen LogP contribution < -0.4 is 0 Å². The Kier molecular flexibility index (Phi) is 4.47. The van der Waals surface area contributed by atoms with Crippen molar-refractivity contribution in [3.05, 3.63) is 90.3 Å². The summed E-state index contributed by atoms with van der Waals surface area (Å²) in [7, 11) is 0. The van der Waals surface area contributed by atoms with Crippen LogP contribution >= 0.6 is 0 Å². The summed E-state index contributed by atoms with van der Waals surface area (Å²) in [5.74, 6) is 0. The lowest BCUT2D eigenvalue weighted by Crippen LogP contribution is -1.83. The van der Waals surface area contributed by atoms with Gasteiger partial charge in [-0.15, -0.1) is 0 Å². The second kappa shape index (κ2) is 7.09. The summed E-state index contributed by atoms with van der Waals surface area (Å²) in [6.07, 6.45) is 5.36. The van der Waals surface area contributed by atoms with Crippen LogP contribution in [0.15, 0.2) is 89.0 Å². The molecule has 0 aliphatic carbocycles. The van der Waals surface area contributed by atoms with Crippen LogP contribution in [0.1, 0.15) is 11.3 Å². The Bertz CT molecular complexity index is 692. The van der Waals surface area contributed by atoms with Gasteiger partial charge in [0.25, 0.3) is 0 Å². The van der Waals surface area contributed by atoms with Gasteiger partial charge in [0.2, 0.25) is 0 Å². The molecule has 0 amide bonds. The zero-order valence-corrected chi connectivity index (χ0v) is 12.0. The fraction of sp³-hybridized carbons (Fsp3) is 0. The third-order valence-corrected chi connectivity index (χ3v) is 3.05. The second-order valence-electron chi connectivity index (χ2n) is 4.70. The van der Waals surface area contributed by atoms with Gasteiger partial charge in [-0.3, -0.25) is 15.0 Å². The molecule has 1 heterocycles. The minimum Gasteiger partial charge on any atom is -0.256 e. The predicted octanol–water partition coefficient (Wildman–Crippen LogP) is 4.58. The second-order valence-corrected chi connectivity index (χ2v) is 4.70. The number of rotatable bonds is 4. The van der Waals surface area contributed by atoms with Gasteiger partial charge in [0.15, 0.2) is 0 Å². The van der Waals surface area contributed by atoms with Crippen LogP contribution in [-0.4, -0.2) is 17.4 Å². The molecule has 3 nitrogen and oxygen atoms in total. The zero-order chi connectivity index (χ0) is 15.0. The molecule has 0 saturated carbocycles. The molecule has 22 heavy (non-hydrogen) atoms. The van der Waals surface area contributed by atoms with E-state index >= 15 is 0 Å². The van der Waals surface area contributed by atoms with Crippen LogP contribution in [0.2, 0.25) is 0 Å². The van der Waals surface area contributed by atoms with Crippen LogP contribution in [0.5, 0.6) is 0 Å². The molecule has 2 aromatic carbocycles. The smallest absolute Gasteiger partial charge is 0.0812 e. The maximum absolute atomic E-state index is 4.45. The van der Waals surface area contributed by atoms with E-state index in [0.717, 1.165) is 22.6 Å². The number of aliphatic imine (C=N–C) groups is 2. The topological polar surface area (TPSA) is 37.6 Å². The summed E-state index contributed by atoms with van der Waals surface area (Å²) in [4.78, 5) is 13.0. The van der Waals surface area contributed by atoms with Gasteiger partial charge < -0.3 is 0 Å². The highest BCUT2D eigenvalue weighted by molar-refractivity contribution is 5.82. The lowest BCUT2D eigenvalue weighted by Gasteiger charge is -1.96. The fourth-order valence-electron chi connectivity index (χ4n) is 1.91. The molecule has 0 radical (unpaired) electrons. The van der Waals surface area contributed by atoms with Crippen molar-refractivity contribution in [3.8, 4) is 0 Å². The number of pyridine rings is 1. The first-order chi connectivity index (χ1) is 10.9. The van der Waals surface area contributed by atoms with Crippen LogP contribution in [0.25, 0.3) is 0 Å². The first-order valence-electron chi connectivity index (χ1n) is 7.04. The molecule has 0 N–H and O–H groups in total. The lowest BCUT2D eigenvalue weighted by atomic mass is 10.2. The third-order valence-electron chi connectivity index (χ3n) is 3.05. The van der Waals surface area contributed by atoms with E-state index in [0.29, 0.717) is 0 Å². The molecule has 3 heteroatoms. The number of aromatic nitrogens is 1. The van der Waals surface area contributed by atoms with Crippen molar-refractivity contribution in [2.75, 3.05) is 0 Å². The van der Waals surface area contributed by atoms with E-state index in [-0.39, 0.29) is 0 Å². The Balaban J connectivity index is 1.68. The van der Waals surface area contributed by atoms with Gasteiger partial charge in [0.05, 0.1) is 23.3 Å². The minimum atomic E-state index is 0.841. The molecule has 106 valence electrons. The van der Waals surface area contributed by atoms with Crippen molar-refractivity contribution in [3.63, 3.8) is 0 Å². The molecule has 0 fully saturated rings. The van der Waals surface area contributed by atoms with Gasteiger partial charge in [0.1, 0.15) is 0 Å². The molecule has 0 saturated heterocycles. The van der Waals surface area contributed by atoms with Gasteiger partial charge in [-0.1, -0.05) is 36.4 Å². The van der Waals surface area contributed by atoms with Crippen LogP contribution in [-0.2, 0) is 0 Å². The van der Waals surface area contributed by atoms with Gasteiger partial charge in [0, 0.05) is 12.4 Å². The molecular weight excluding hydrogens is 270 g/mol. The van der Waals surface area contributed by atoms with Crippen LogP contribution in [0.4, 0.5) is 11.4 Å². The molecule has 0 aliphatic rings. The normalized spacial score (nSPS) is 11.3. The largest absolute Gasteiger partial charge is 0.256 e. The SMILES string of the molecule is C(=N\c1ccc(/N=C/c2ccccn2)cc1)/c1ccccc1. The quantitative estimate of drug-likeness (QED) is 0.646. The first kappa shape index (κ1) is 13.9. The van der Waals surface area contributed by atoms with E-state index in [1.165, 1.54) is 0 Å². The number of hydrogen-bond acceptors (Lipinski definition) is 3. The molecule has 0 unspecified atom stereocenters. The molecule has 0 spiro atoms. The van der Waals surface area contributed by atoms with E-state index < -0.39 is 0 Å². The molecule has 0 bridgehead atoms. The summed E-state index contributed by atoms with van der Waals surface area (Å²) in [6.45, 7) is 0. The summed E-state index contributed by atoms with van der Waals surface area (Å²) < 4.78 is 0. The number of nitrogens with zero attached hydrogens (tertiary/aromatic N) is 3. The highest BCUT2D eigenvalue weighted by atomic mass is 14.8. The highest BCUT2D eigenvalue weighted by Crippen LogP contribution is 2.18. The maximum Gasteiger partial charge on any atom is 0.0812 e. The molecule has 1 aromatic heterocycles.